The van der Waals surface area contributed by atoms with E-state index >= 15 is 0 Å². The molecule has 5 rings (SSSR count). The maximum Gasteiger partial charge on any atom is 0.338 e. The van der Waals surface area contributed by atoms with Crippen molar-refractivity contribution in [3.63, 3.8) is 0 Å². The lowest BCUT2D eigenvalue weighted by molar-refractivity contribution is 0.0472. The van der Waals surface area contributed by atoms with Crippen molar-refractivity contribution in [3.8, 4) is 0 Å². The molecule has 0 radical (unpaired) electrons. The maximum atomic E-state index is 13.5. The van der Waals surface area contributed by atoms with Crippen LogP contribution in [0.2, 0.25) is 0 Å². The first kappa shape index (κ1) is 22.0. The lowest BCUT2D eigenvalue weighted by Crippen LogP contribution is -2.30. The monoisotopic (exact) mass is 514 g/mol. The van der Waals surface area contributed by atoms with Crippen molar-refractivity contribution in [1.82, 2.24) is 4.98 Å². The molecule has 1 aliphatic heterocycles. The number of pyridine rings is 1. The van der Waals surface area contributed by atoms with Crippen LogP contribution in [0.5, 0.6) is 0 Å². The number of para-hydroxylation sites is 1. The Bertz CT molecular complexity index is 1500. The highest BCUT2D eigenvalue weighted by atomic mass is 79.9. The Labute approximate surface area is 204 Å². The summed E-state index contributed by atoms with van der Waals surface area (Å²) < 4.78 is 6.39. The fraction of sp³-hybridized carbons (Fsp3) is 0.111. The third-order valence-electron chi connectivity index (χ3n) is 5.88. The molecule has 0 saturated heterocycles. The van der Waals surface area contributed by atoms with Gasteiger partial charge in [-0.2, -0.15) is 0 Å². The molecule has 0 spiro atoms. The van der Waals surface area contributed by atoms with E-state index in [-0.39, 0.29) is 12.2 Å². The van der Waals surface area contributed by atoms with E-state index in [1.165, 1.54) is 6.07 Å². The Balaban J connectivity index is 1.48. The zero-order valence-corrected chi connectivity index (χ0v) is 20.0. The lowest BCUT2D eigenvalue weighted by Gasteiger charge is -2.17. The molecule has 2 heterocycles. The summed E-state index contributed by atoms with van der Waals surface area (Å²) in [5.41, 5.74) is 3.94. The molecule has 4 aromatic rings. The number of esters is 1. The smallest absolute Gasteiger partial charge is 0.338 e. The number of aromatic nitrogens is 1. The second-order valence-corrected chi connectivity index (χ2v) is 9.03. The van der Waals surface area contributed by atoms with Crippen LogP contribution in [0.1, 0.15) is 47.9 Å². The van der Waals surface area contributed by atoms with E-state index in [2.05, 4.69) is 20.9 Å². The van der Waals surface area contributed by atoms with Crippen LogP contribution >= 0.6 is 15.9 Å². The summed E-state index contributed by atoms with van der Waals surface area (Å²) >= 11 is 3.38. The molecular formula is C27H19BrN2O4. The first-order valence-electron chi connectivity index (χ1n) is 10.7. The number of nitrogens with zero attached hydrogens (tertiary/aromatic N) is 2. The minimum atomic E-state index is -0.538. The van der Waals surface area contributed by atoms with Crippen molar-refractivity contribution in [2.75, 3.05) is 4.90 Å². The zero-order chi connectivity index (χ0) is 24.0. The summed E-state index contributed by atoms with van der Waals surface area (Å²) in [6, 6.07) is 19.6. The largest absolute Gasteiger partial charge is 0.457 e. The number of rotatable bonds is 4. The Morgan fingerprint density at radius 1 is 0.941 bits per heavy atom. The molecule has 3 aromatic carbocycles. The van der Waals surface area contributed by atoms with Crippen molar-refractivity contribution in [2.24, 2.45) is 0 Å². The van der Waals surface area contributed by atoms with Crippen molar-refractivity contribution < 1.29 is 19.1 Å². The van der Waals surface area contributed by atoms with E-state index in [4.69, 9.17) is 4.74 Å². The Hall–Kier alpha value is -3.84. The third-order valence-corrected chi connectivity index (χ3v) is 6.40. The van der Waals surface area contributed by atoms with Crippen LogP contribution in [-0.4, -0.2) is 22.8 Å². The van der Waals surface area contributed by atoms with E-state index in [0.717, 1.165) is 14.9 Å². The number of imide groups is 1. The highest BCUT2D eigenvalue weighted by Crippen LogP contribution is 2.36. The van der Waals surface area contributed by atoms with Gasteiger partial charge in [-0.15, -0.1) is 0 Å². The summed E-state index contributed by atoms with van der Waals surface area (Å²) in [6.45, 7) is 3.63. The maximum absolute atomic E-state index is 13.5. The van der Waals surface area contributed by atoms with Crippen molar-refractivity contribution >= 4 is 50.3 Å². The van der Waals surface area contributed by atoms with Gasteiger partial charge in [0.15, 0.2) is 0 Å². The summed E-state index contributed by atoms with van der Waals surface area (Å²) in [7, 11) is 0. The number of halogens is 1. The van der Waals surface area contributed by atoms with Crippen LogP contribution in [0.15, 0.2) is 71.2 Å². The number of benzene rings is 3. The van der Waals surface area contributed by atoms with Gasteiger partial charge >= 0.3 is 5.97 Å². The number of fused-ring (bicyclic) bond motifs is 3. The number of carbonyl (C=O) groups excluding carboxylic acids is 3. The fourth-order valence-corrected chi connectivity index (χ4v) is 4.41. The number of hydrogen-bond donors (Lipinski definition) is 0. The van der Waals surface area contributed by atoms with Gasteiger partial charge in [0.05, 0.1) is 33.6 Å². The van der Waals surface area contributed by atoms with Crippen LogP contribution < -0.4 is 4.90 Å². The van der Waals surface area contributed by atoms with E-state index in [9.17, 15) is 14.4 Å². The number of aryl methyl sites for hydroxylation is 2. The first-order chi connectivity index (χ1) is 16.3. The average Bonchev–Trinajstić information content (AvgIpc) is 3.10. The molecule has 6 nitrogen and oxygen atoms in total. The highest BCUT2D eigenvalue weighted by molar-refractivity contribution is 9.10. The third kappa shape index (κ3) is 3.68. The predicted octanol–water partition coefficient (Wildman–Crippen LogP) is 5.77. The second-order valence-electron chi connectivity index (χ2n) is 8.11. The molecule has 0 unspecified atom stereocenters. The molecule has 0 fully saturated rings. The Kier molecular flexibility index (Phi) is 5.49. The molecule has 34 heavy (non-hydrogen) atoms. The Morgan fingerprint density at radius 3 is 2.41 bits per heavy atom. The molecule has 0 atom stereocenters. The molecule has 1 aliphatic rings. The topological polar surface area (TPSA) is 76.6 Å². The predicted molar refractivity (Wildman–Crippen MR) is 132 cm³/mol. The molecule has 168 valence electrons. The molecular weight excluding hydrogens is 496 g/mol. The lowest BCUT2D eigenvalue weighted by atomic mass is 10.0. The number of anilines is 1. The number of amides is 2. The van der Waals surface area contributed by atoms with Crippen molar-refractivity contribution in [2.45, 2.75) is 20.5 Å². The standard InChI is InChI=1S/C27H19BrN2O4/c1-15-7-10-18(27(33)34-14-17-8-11-19(28)12-9-17)13-22(15)30-25(31)23-16(2)29-21-6-4-3-5-20(21)24(23)26(30)32/h3-13H,14H2,1-2H3. The highest BCUT2D eigenvalue weighted by Gasteiger charge is 2.40. The van der Waals surface area contributed by atoms with Gasteiger partial charge in [-0.05, 0) is 55.3 Å². The number of carbonyl (C=O) groups is 3. The van der Waals surface area contributed by atoms with Crippen LogP contribution in [0, 0.1) is 13.8 Å². The van der Waals surface area contributed by atoms with Crippen LogP contribution in [0.25, 0.3) is 10.9 Å². The van der Waals surface area contributed by atoms with Gasteiger partial charge in [-0.25, -0.2) is 9.69 Å². The van der Waals surface area contributed by atoms with Gasteiger partial charge in [0, 0.05) is 9.86 Å². The van der Waals surface area contributed by atoms with Gasteiger partial charge < -0.3 is 4.74 Å². The van der Waals surface area contributed by atoms with E-state index in [1.807, 2.05) is 42.5 Å². The molecule has 2 amide bonds. The van der Waals surface area contributed by atoms with Crippen LogP contribution in [0.4, 0.5) is 5.69 Å². The summed E-state index contributed by atoms with van der Waals surface area (Å²) in [5.74, 6) is -1.41. The Morgan fingerprint density at radius 2 is 1.65 bits per heavy atom. The fourth-order valence-electron chi connectivity index (χ4n) is 4.14. The second kappa shape index (κ2) is 8.50. The summed E-state index contributed by atoms with van der Waals surface area (Å²) in [4.78, 5) is 45.3. The quantitative estimate of drug-likeness (QED) is 0.255. The van der Waals surface area contributed by atoms with Gasteiger partial charge in [0.2, 0.25) is 0 Å². The summed E-state index contributed by atoms with van der Waals surface area (Å²) in [5, 5.41) is 0.631. The summed E-state index contributed by atoms with van der Waals surface area (Å²) in [6.07, 6.45) is 0. The number of ether oxygens (including phenoxy) is 1. The van der Waals surface area contributed by atoms with Gasteiger partial charge in [0.1, 0.15) is 6.61 Å². The molecule has 0 saturated carbocycles. The molecule has 0 bridgehead atoms. The minimum Gasteiger partial charge on any atom is -0.457 e. The molecule has 0 N–H and O–H groups in total. The van der Waals surface area contributed by atoms with Gasteiger partial charge in [0.25, 0.3) is 11.8 Å². The molecule has 7 heteroatoms. The van der Waals surface area contributed by atoms with Crippen molar-refractivity contribution in [1.29, 1.82) is 0 Å². The molecule has 1 aromatic heterocycles. The van der Waals surface area contributed by atoms with E-state index in [1.54, 1.807) is 32.0 Å². The van der Waals surface area contributed by atoms with E-state index in [0.29, 0.717) is 39.0 Å². The van der Waals surface area contributed by atoms with Crippen molar-refractivity contribution in [3.05, 3.63) is 105 Å². The van der Waals surface area contributed by atoms with E-state index < -0.39 is 17.8 Å². The SMILES string of the molecule is Cc1ccc(C(=O)OCc2ccc(Br)cc2)cc1N1C(=O)c2c(C)nc3ccccc3c2C1=O. The van der Waals surface area contributed by atoms with Gasteiger partial charge in [-0.3, -0.25) is 14.6 Å². The molecule has 0 aliphatic carbocycles. The van der Waals surface area contributed by atoms with Crippen LogP contribution in [-0.2, 0) is 11.3 Å². The normalized spacial score (nSPS) is 12.9. The number of hydrogen-bond acceptors (Lipinski definition) is 5. The van der Waals surface area contributed by atoms with Crippen LogP contribution in [0.3, 0.4) is 0 Å². The zero-order valence-electron chi connectivity index (χ0n) is 18.5. The average molecular weight is 515 g/mol. The first-order valence-corrected chi connectivity index (χ1v) is 11.4. The minimum absolute atomic E-state index is 0.110. The van der Waals surface area contributed by atoms with Gasteiger partial charge in [-0.1, -0.05) is 52.3 Å².